The number of rotatable bonds is 5. The Labute approximate surface area is 180 Å². The maximum Gasteiger partial charge on any atom is 0.0638 e. The van der Waals surface area contributed by atoms with Crippen LogP contribution in [0.25, 0.3) is 0 Å². The van der Waals surface area contributed by atoms with Crippen molar-refractivity contribution in [3.05, 3.63) is 11.6 Å². The molecule has 0 amide bonds. The molecule has 5 rings (SSSR count). The predicted octanol–water partition coefficient (Wildman–Crippen LogP) is 7.65. The Bertz CT molecular complexity index is 676. The minimum absolute atomic E-state index is 0.553. The minimum atomic E-state index is 0.553. The number of allylic oxidation sites excluding steroid dienone is 2. The molecule has 0 heterocycles. The molecule has 0 saturated heterocycles. The Balaban J connectivity index is 1.37. The highest BCUT2D eigenvalue weighted by atomic mass is 16.5. The van der Waals surface area contributed by atoms with E-state index >= 15 is 0 Å². The minimum Gasteiger partial charge on any atom is -0.381 e. The second-order valence-electron chi connectivity index (χ2n) is 12.8. The first-order chi connectivity index (χ1) is 13.8. The maximum atomic E-state index is 6.29. The number of hydrogen-bond acceptors (Lipinski definition) is 1. The van der Waals surface area contributed by atoms with Gasteiger partial charge < -0.3 is 4.74 Å². The molecule has 0 aliphatic heterocycles. The summed E-state index contributed by atoms with van der Waals surface area (Å²) in [5.41, 5.74) is 3.23. The SMILES string of the molecule is COC1CC2C3CCC(C(C)CCC=C(C)C)C3(C)CCC2C2(C)CCC3CC312. The van der Waals surface area contributed by atoms with Crippen molar-refractivity contribution in [1.82, 2.24) is 0 Å². The van der Waals surface area contributed by atoms with Crippen molar-refractivity contribution in [3.8, 4) is 0 Å². The Morgan fingerprint density at radius 2 is 1.86 bits per heavy atom. The lowest BCUT2D eigenvalue weighted by atomic mass is 9.45. The molecule has 10 unspecified atom stereocenters. The van der Waals surface area contributed by atoms with Crippen LogP contribution < -0.4 is 0 Å². The van der Waals surface area contributed by atoms with Crippen LogP contribution in [-0.4, -0.2) is 13.2 Å². The fourth-order valence-electron chi connectivity index (χ4n) is 10.4. The zero-order valence-electron chi connectivity index (χ0n) is 20.1. The summed E-state index contributed by atoms with van der Waals surface area (Å²) in [7, 11) is 2.03. The molecule has 0 aromatic rings. The third kappa shape index (κ3) is 2.68. The second-order valence-corrected chi connectivity index (χ2v) is 12.8. The molecule has 1 spiro atoms. The van der Waals surface area contributed by atoms with Gasteiger partial charge in [-0.3, -0.25) is 0 Å². The molecule has 0 bridgehead atoms. The lowest BCUT2D eigenvalue weighted by molar-refractivity contribution is -0.161. The largest absolute Gasteiger partial charge is 0.381 e. The Morgan fingerprint density at radius 1 is 1.07 bits per heavy atom. The number of methoxy groups -OCH3 is 1. The van der Waals surface area contributed by atoms with E-state index in [-0.39, 0.29) is 0 Å². The molecule has 0 aromatic heterocycles. The average Bonchev–Trinajstić information content (AvgIpc) is 3.18. The summed E-state index contributed by atoms with van der Waals surface area (Å²) in [6.07, 6.45) is 17.5. The van der Waals surface area contributed by atoms with E-state index < -0.39 is 0 Å². The van der Waals surface area contributed by atoms with E-state index in [2.05, 4.69) is 40.7 Å². The van der Waals surface area contributed by atoms with Gasteiger partial charge in [-0.05, 0) is 124 Å². The number of hydrogen-bond donors (Lipinski definition) is 0. The van der Waals surface area contributed by atoms with Crippen LogP contribution in [-0.2, 0) is 4.74 Å². The maximum absolute atomic E-state index is 6.29. The van der Waals surface area contributed by atoms with Crippen molar-refractivity contribution in [2.24, 2.45) is 51.8 Å². The summed E-state index contributed by atoms with van der Waals surface area (Å²) in [5.74, 6) is 5.70. The van der Waals surface area contributed by atoms with Crippen molar-refractivity contribution in [2.45, 2.75) is 105 Å². The van der Waals surface area contributed by atoms with Gasteiger partial charge in [0.1, 0.15) is 0 Å². The molecule has 29 heavy (non-hydrogen) atoms. The van der Waals surface area contributed by atoms with Gasteiger partial charge >= 0.3 is 0 Å². The molecule has 5 aliphatic rings. The zero-order valence-corrected chi connectivity index (χ0v) is 20.1. The van der Waals surface area contributed by atoms with E-state index in [9.17, 15) is 0 Å². The van der Waals surface area contributed by atoms with Gasteiger partial charge in [0.05, 0.1) is 6.10 Å². The number of fused-ring (bicyclic) bond motifs is 4. The van der Waals surface area contributed by atoms with Gasteiger partial charge in [-0.2, -0.15) is 0 Å². The molecule has 5 aliphatic carbocycles. The van der Waals surface area contributed by atoms with Crippen LogP contribution in [0.2, 0.25) is 0 Å². The van der Waals surface area contributed by atoms with E-state index in [0.29, 0.717) is 22.3 Å². The summed E-state index contributed by atoms with van der Waals surface area (Å²) in [6, 6.07) is 0. The van der Waals surface area contributed by atoms with E-state index in [1.165, 1.54) is 69.8 Å². The third-order valence-corrected chi connectivity index (χ3v) is 11.8. The van der Waals surface area contributed by atoms with E-state index in [1.807, 2.05) is 7.11 Å². The lowest BCUT2D eigenvalue weighted by Gasteiger charge is -2.61. The van der Waals surface area contributed by atoms with Crippen LogP contribution in [0.3, 0.4) is 0 Å². The van der Waals surface area contributed by atoms with Crippen molar-refractivity contribution >= 4 is 0 Å². The zero-order chi connectivity index (χ0) is 20.6. The molecule has 0 radical (unpaired) electrons. The quantitative estimate of drug-likeness (QED) is 0.432. The molecular weight excluding hydrogens is 352 g/mol. The normalized spacial score (nSPS) is 53.4. The second kappa shape index (κ2) is 6.85. The third-order valence-electron chi connectivity index (χ3n) is 11.8. The highest BCUT2D eigenvalue weighted by Crippen LogP contribution is 2.82. The van der Waals surface area contributed by atoms with Crippen LogP contribution in [0.1, 0.15) is 98.8 Å². The molecule has 0 aromatic carbocycles. The Kier molecular flexibility index (Phi) is 4.86. The van der Waals surface area contributed by atoms with Gasteiger partial charge in [-0.15, -0.1) is 0 Å². The fourth-order valence-corrected chi connectivity index (χ4v) is 10.4. The van der Waals surface area contributed by atoms with Crippen molar-refractivity contribution < 1.29 is 4.74 Å². The highest BCUT2D eigenvalue weighted by molar-refractivity contribution is 5.26. The first-order valence-electron chi connectivity index (χ1n) is 12.9. The summed E-state index contributed by atoms with van der Waals surface area (Å²) in [5, 5.41) is 0. The van der Waals surface area contributed by atoms with Crippen molar-refractivity contribution in [1.29, 1.82) is 0 Å². The highest BCUT2D eigenvalue weighted by Gasteiger charge is 2.77. The topological polar surface area (TPSA) is 9.23 Å². The van der Waals surface area contributed by atoms with E-state index in [0.717, 1.165) is 35.5 Å². The predicted molar refractivity (Wildman–Crippen MR) is 122 cm³/mol. The van der Waals surface area contributed by atoms with Gasteiger partial charge in [0.15, 0.2) is 0 Å². The smallest absolute Gasteiger partial charge is 0.0638 e. The average molecular weight is 399 g/mol. The van der Waals surface area contributed by atoms with Crippen LogP contribution in [0.4, 0.5) is 0 Å². The Hall–Kier alpha value is -0.300. The van der Waals surface area contributed by atoms with Crippen LogP contribution in [0.15, 0.2) is 11.6 Å². The first-order valence-corrected chi connectivity index (χ1v) is 12.9. The van der Waals surface area contributed by atoms with Crippen molar-refractivity contribution in [3.63, 3.8) is 0 Å². The molecule has 5 saturated carbocycles. The van der Waals surface area contributed by atoms with E-state index in [1.54, 1.807) is 0 Å². The standard InChI is InChI=1S/C28H46O/c1-18(2)8-7-9-19(3)22-10-11-23-21-16-25(29-6)28-17-20(28)12-15-27(28,5)24(21)13-14-26(22,23)4/h8,19-25H,7,9-17H2,1-6H3. The fraction of sp³-hybridized carbons (Fsp3) is 0.929. The number of ether oxygens (including phenoxy) is 1. The molecule has 1 nitrogen and oxygen atoms in total. The van der Waals surface area contributed by atoms with Crippen LogP contribution in [0.5, 0.6) is 0 Å². The molecule has 5 fully saturated rings. The molecule has 1 heteroatoms. The van der Waals surface area contributed by atoms with Crippen molar-refractivity contribution in [2.75, 3.05) is 7.11 Å². The lowest BCUT2D eigenvalue weighted by Crippen LogP contribution is -2.57. The summed E-state index contributed by atoms with van der Waals surface area (Å²) >= 11 is 0. The van der Waals surface area contributed by atoms with Gasteiger partial charge in [0, 0.05) is 12.5 Å². The monoisotopic (exact) mass is 398 g/mol. The van der Waals surface area contributed by atoms with Gasteiger partial charge in [-0.1, -0.05) is 32.4 Å². The van der Waals surface area contributed by atoms with E-state index in [4.69, 9.17) is 4.74 Å². The summed E-state index contributed by atoms with van der Waals surface area (Å²) in [6.45, 7) is 12.5. The Morgan fingerprint density at radius 3 is 2.55 bits per heavy atom. The van der Waals surface area contributed by atoms with Crippen LogP contribution in [0, 0.1) is 51.8 Å². The molecule has 10 atom stereocenters. The van der Waals surface area contributed by atoms with Crippen LogP contribution >= 0.6 is 0 Å². The summed E-state index contributed by atoms with van der Waals surface area (Å²) in [4.78, 5) is 0. The van der Waals surface area contributed by atoms with Gasteiger partial charge in [0.25, 0.3) is 0 Å². The first kappa shape index (κ1) is 20.6. The van der Waals surface area contributed by atoms with Gasteiger partial charge in [-0.25, -0.2) is 0 Å². The molecular formula is C28H46O. The molecule has 164 valence electrons. The van der Waals surface area contributed by atoms with Gasteiger partial charge in [0.2, 0.25) is 0 Å². The summed E-state index contributed by atoms with van der Waals surface area (Å²) < 4.78 is 6.29. The molecule has 0 N–H and O–H groups in total.